The Morgan fingerprint density at radius 2 is 1.13 bits per heavy atom. The Morgan fingerprint density at radius 1 is 0.623 bits per heavy atom. The average Bonchev–Trinajstić information content (AvgIpc) is 4.00. The van der Waals surface area contributed by atoms with E-state index in [9.17, 15) is 19.2 Å². The molecule has 6 aromatic rings. The molecule has 14 nitrogen and oxygen atoms in total. The van der Waals surface area contributed by atoms with Crippen molar-refractivity contribution < 1.29 is 28.7 Å². The second-order valence-corrected chi connectivity index (χ2v) is 20.0. The van der Waals surface area contributed by atoms with E-state index in [0.717, 1.165) is 103 Å². The normalized spacial score (nSPS) is 19.3. The van der Waals surface area contributed by atoms with E-state index in [-0.39, 0.29) is 41.7 Å². The zero-order chi connectivity index (χ0) is 48.5. The summed E-state index contributed by atoms with van der Waals surface area (Å²) in [5, 5.41) is 5.53. The molecule has 2 fully saturated rings. The first-order valence-electron chi connectivity index (χ1n) is 24.8. The molecule has 4 amide bonds. The molecule has 4 N–H and O–H groups in total. The van der Waals surface area contributed by atoms with Crippen molar-refractivity contribution in [2.75, 3.05) is 27.3 Å². The predicted molar refractivity (Wildman–Crippen MR) is 268 cm³/mol. The van der Waals surface area contributed by atoms with Crippen molar-refractivity contribution in [1.82, 2.24) is 40.4 Å². The molecule has 4 heterocycles. The fourth-order valence-corrected chi connectivity index (χ4v) is 10.8. The van der Waals surface area contributed by atoms with Crippen molar-refractivity contribution >= 4 is 46.1 Å². The fraction of sp³-hybridized carbons (Fsp3) is 0.455. The zero-order valence-electron chi connectivity index (χ0n) is 41.0. The van der Waals surface area contributed by atoms with Gasteiger partial charge in [0.25, 0.3) is 0 Å². The van der Waals surface area contributed by atoms with E-state index in [4.69, 9.17) is 19.4 Å². The van der Waals surface area contributed by atoms with E-state index in [1.165, 1.54) is 47.6 Å². The number of aryl methyl sites for hydroxylation is 2. The highest BCUT2D eigenvalue weighted by Crippen LogP contribution is 2.39. The number of nitrogens with zero attached hydrogens (tertiary/aromatic N) is 4. The van der Waals surface area contributed by atoms with Gasteiger partial charge in [0.15, 0.2) is 0 Å². The first-order chi connectivity index (χ1) is 33.3. The maximum absolute atomic E-state index is 14.0. The number of benzene rings is 4. The molecule has 12 rings (SSSR count). The minimum atomic E-state index is -0.699. The molecule has 2 aromatic heterocycles. The minimum Gasteiger partial charge on any atom is -0.453 e. The topological polar surface area (TPSA) is 175 Å². The first-order valence-corrected chi connectivity index (χ1v) is 24.8. The lowest BCUT2D eigenvalue weighted by Gasteiger charge is -2.37. The number of rotatable bonds is 10. The van der Waals surface area contributed by atoms with Gasteiger partial charge in [-0.1, -0.05) is 83.1 Å². The van der Waals surface area contributed by atoms with Crippen LogP contribution in [0.2, 0.25) is 0 Å². The molecule has 0 saturated carbocycles. The van der Waals surface area contributed by atoms with Gasteiger partial charge in [0.1, 0.15) is 23.7 Å². The number of methoxy groups -OCH3 is 2. The van der Waals surface area contributed by atoms with Gasteiger partial charge in [-0.05, 0) is 144 Å². The third kappa shape index (κ3) is 9.80. The van der Waals surface area contributed by atoms with Crippen LogP contribution in [0.1, 0.15) is 125 Å². The number of likely N-dealkylation sites (tertiary alicyclic amines) is 2. The third-order valence-corrected chi connectivity index (χ3v) is 14.7. The van der Waals surface area contributed by atoms with Gasteiger partial charge in [0.05, 0.1) is 48.4 Å². The molecular weight excluding hydrogens is 869 g/mol. The van der Waals surface area contributed by atoms with E-state index in [1.54, 1.807) is 0 Å². The number of fused-ring (bicyclic) bond motifs is 2. The van der Waals surface area contributed by atoms with Crippen molar-refractivity contribution in [3.8, 4) is 22.3 Å². The number of imidazole rings is 2. The Morgan fingerprint density at radius 3 is 1.64 bits per heavy atom. The standard InChI is InChI=1S/C55H66N8O6/c1-31(2)48(60-54(66)68-6)52(64)62-24-10-8-12-46(62)50-56-42-22-20-38(29-44(42)58-50)40-27-34-14-16-35-18-19-36(33(5)26-37(40)17-15-34)28-41(35)39-21-23-43-45(30-39)59-51(57-43)47-13-9-11-25-63(47)53(65)49(32(3)4)61-55(67)69-7/h15,17-23,27-33,46-49H,8-14,16,24-26H2,1-7H3,(H,56,58)(H,57,59)(H,60,66)(H,61,67). The predicted octanol–water partition coefficient (Wildman–Crippen LogP) is 10.1. The summed E-state index contributed by atoms with van der Waals surface area (Å²) in [5.41, 5.74) is 13.3. The number of ether oxygens (including phenoxy) is 2. The van der Waals surface area contributed by atoms with Gasteiger partial charge in [0.2, 0.25) is 11.8 Å². The highest BCUT2D eigenvalue weighted by molar-refractivity contribution is 5.88. The Kier molecular flexibility index (Phi) is 13.8. The maximum Gasteiger partial charge on any atom is 0.407 e. The number of H-pyrrole nitrogens is 2. The van der Waals surface area contributed by atoms with Crippen LogP contribution < -0.4 is 10.6 Å². The van der Waals surface area contributed by atoms with Crippen molar-refractivity contribution in [3.05, 3.63) is 107 Å². The fourth-order valence-electron chi connectivity index (χ4n) is 10.8. The van der Waals surface area contributed by atoms with E-state index in [0.29, 0.717) is 13.1 Å². The lowest BCUT2D eigenvalue weighted by Crippen LogP contribution is -2.53. The molecule has 14 heteroatoms. The summed E-state index contributed by atoms with van der Waals surface area (Å²) in [6, 6.07) is 25.0. The number of carbonyl (C=O) groups excluding carboxylic acids is 4. The van der Waals surface area contributed by atoms with Crippen LogP contribution in [0.25, 0.3) is 44.3 Å². The number of nitrogens with one attached hydrogen (secondary N) is 4. The Labute approximate surface area is 404 Å². The number of carbonyl (C=O) groups is 4. The number of hydrogen-bond acceptors (Lipinski definition) is 8. The quantitative estimate of drug-likeness (QED) is 0.105. The van der Waals surface area contributed by atoms with Gasteiger partial charge in [-0.3, -0.25) is 9.59 Å². The molecular formula is C55H66N8O6. The smallest absolute Gasteiger partial charge is 0.407 e. The van der Waals surface area contributed by atoms with Gasteiger partial charge in [-0.2, -0.15) is 0 Å². The summed E-state index contributed by atoms with van der Waals surface area (Å²) in [4.78, 5) is 73.5. The van der Waals surface area contributed by atoms with Crippen LogP contribution in [0.4, 0.5) is 9.59 Å². The Hall–Kier alpha value is -6.70. The van der Waals surface area contributed by atoms with E-state index in [2.05, 4.69) is 100 Å². The number of alkyl carbamates (subject to hydrolysis) is 2. The number of piperidine rings is 2. The van der Waals surface area contributed by atoms with Gasteiger partial charge in [-0.25, -0.2) is 19.6 Å². The molecule has 362 valence electrons. The number of aromatic amines is 2. The maximum atomic E-state index is 14.0. The van der Waals surface area contributed by atoms with E-state index >= 15 is 0 Å². The average molecular weight is 935 g/mol. The second kappa shape index (κ2) is 20.1. The molecule has 0 spiro atoms. The van der Waals surface area contributed by atoms with Crippen molar-refractivity contribution in [2.24, 2.45) is 11.8 Å². The molecule has 69 heavy (non-hydrogen) atoms. The SMILES string of the molecule is COC(=O)NC(C(=O)N1CCCCC1c1nc2ccc(-c3cc4ccc3CCc3ccc(c(-c5ccc6nc(C7CCCCN7C(=O)C(NC(=O)OC)C(C)C)[nH]c6c5)c3)CC4C)cc2[nH]1)C(C)C. The highest BCUT2D eigenvalue weighted by Gasteiger charge is 2.38. The van der Waals surface area contributed by atoms with Crippen molar-refractivity contribution in [2.45, 2.75) is 122 Å². The molecule has 2 saturated heterocycles. The largest absolute Gasteiger partial charge is 0.453 e. The number of aromatic nitrogens is 4. The van der Waals surface area contributed by atoms with E-state index in [1.807, 2.05) is 37.5 Å². The Bertz CT molecular complexity index is 2880. The van der Waals surface area contributed by atoms with Crippen LogP contribution in [0.15, 0.2) is 72.8 Å². The molecule has 4 aromatic carbocycles. The van der Waals surface area contributed by atoms with Crippen molar-refractivity contribution in [1.29, 1.82) is 0 Å². The summed E-state index contributed by atoms with van der Waals surface area (Å²) >= 11 is 0. The van der Waals surface area contributed by atoms with Gasteiger partial charge in [-0.15, -0.1) is 0 Å². The highest BCUT2D eigenvalue weighted by atomic mass is 16.5. The minimum absolute atomic E-state index is 0.114. The summed E-state index contributed by atoms with van der Waals surface area (Å²) in [6.45, 7) is 11.2. The molecule has 5 atom stereocenters. The van der Waals surface area contributed by atoms with Gasteiger partial charge >= 0.3 is 12.2 Å². The van der Waals surface area contributed by atoms with Gasteiger partial charge < -0.3 is 39.9 Å². The molecule has 4 aliphatic carbocycles. The van der Waals surface area contributed by atoms with E-state index < -0.39 is 24.3 Å². The van der Waals surface area contributed by atoms with Crippen LogP contribution in [0, 0.1) is 11.8 Å². The van der Waals surface area contributed by atoms with Gasteiger partial charge in [0, 0.05) is 13.1 Å². The zero-order valence-corrected chi connectivity index (χ0v) is 41.0. The molecule has 0 radical (unpaired) electrons. The van der Waals surface area contributed by atoms with Crippen molar-refractivity contribution in [3.63, 3.8) is 0 Å². The summed E-state index contributed by atoms with van der Waals surface area (Å²) in [7, 11) is 2.62. The lowest BCUT2D eigenvalue weighted by molar-refractivity contribution is -0.139. The Balaban J connectivity index is 0.967. The first kappa shape index (κ1) is 47.4. The second-order valence-electron chi connectivity index (χ2n) is 20.0. The lowest BCUT2D eigenvalue weighted by atomic mass is 9.84. The third-order valence-electron chi connectivity index (χ3n) is 14.7. The summed E-state index contributed by atoms with van der Waals surface area (Å²) in [6.07, 6.45) is 6.67. The van der Waals surface area contributed by atoms with Crippen LogP contribution in [-0.2, 0) is 38.3 Å². The summed E-state index contributed by atoms with van der Waals surface area (Å²) in [5.74, 6) is 1.29. The molecule has 4 bridgehead atoms. The summed E-state index contributed by atoms with van der Waals surface area (Å²) < 4.78 is 9.70. The van der Waals surface area contributed by atoms with Crippen LogP contribution in [-0.4, -0.2) is 93.1 Å². The van der Waals surface area contributed by atoms with Crippen LogP contribution in [0.5, 0.6) is 0 Å². The monoisotopic (exact) mass is 935 g/mol. The number of amides is 4. The molecule has 5 unspecified atom stereocenters. The van der Waals surface area contributed by atoms with Crippen LogP contribution >= 0.6 is 0 Å². The molecule has 2 aliphatic heterocycles. The van der Waals surface area contributed by atoms with Crippen LogP contribution in [0.3, 0.4) is 0 Å². The molecule has 6 aliphatic rings. The number of hydrogen-bond donors (Lipinski definition) is 4.